The van der Waals surface area contributed by atoms with Crippen molar-refractivity contribution in [2.45, 2.75) is 5.92 Å². The summed E-state index contributed by atoms with van der Waals surface area (Å²) in [5.41, 5.74) is 6.76. The fourth-order valence-electron chi connectivity index (χ4n) is 3.46. The number of nitrogens with two attached hydrogens (primary N) is 1. The summed E-state index contributed by atoms with van der Waals surface area (Å²) in [6, 6.07) is 6.10. The third-order valence-electron chi connectivity index (χ3n) is 5.16. The van der Waals surface area contributed by atoms with E-state index in [1.54, 1.807) is 11.0 Å². The number of nitriles is 1. The number of rotatable bonds is 4. The molecule has 4 rings (SSSR count). The largest absolute Gasteiger partial charge is 0.379 e. The maximum absolute atomic E-state index is 15.0. The molecule has 1 aliphatic heterocycles. The summed E-state index contributed by atoms with van der Waals surface area (Å²) < 4.78 is 43.1. The van der Waals surface area contributed by atoms with Crippen molar-refractivity contribution in [3.63, 3.8) is 0 Å². The average Bonchev–Trinajstić information content (AvgIpc) is 2.96. The number of amidine groups is 1. The van der Waals surface area contributed by atoms with E-state index < -0.39 is 17.5 Å². The van der Waals surface area contributed by atoms with E-state index in [-0.39, 0.29) is 17.3 Å². The zero-order chi connectivity index (χ0) is 24.8. The van der Waals surface area contributed by atoms with Crippen LogP contribution in [0.25, 0.3) is 11.9 Å². The van der Waals surface area contributed by atoms with Crippen molar-refractivity contribution >= 4 is 34.8 Å². The molecule has 0 amide bonds. The van der Waals surface area contributed by atoms with Crippen LogP contribution in [0.2, 0.25) is 0 Å². The number of anilines is 1. The highest BCUT2D eigenvalue weighted by Gasteiger charge is 2.23. The molecule has 0 unspecified atom stereocenters. The normalized spacial score (nSPS) is 17.1. The number of halogens is 3. The van der Waals surface area contributed by atoms with E-state index in [1.165, 1.54) is 36.2 Å². The third-order valence-corrected chi connectivity index (χ3v) is 6.16. The number of aliphatic imine (C=N–C) groups is 1. The molecule has 178 valence electrons. The van der Waals surface area contributed by atoms with Gasteiger partial charge in [-0.05, 0) is 29.3 Å². The molecule has 12 heteroatoms. The lowest BCUT2D eigenvalue weighted by molar-refractivity contribution is 0.580. The van der Waals surface area contributed by atoms with Gasteiger partial charge in [0.15, 0.2) is 22.5 Å². The van der Waals surface area contributed by atoms with Crippen molar-refractivity contribution in [1.29, 1.82) is 5.26 Å². The minimum absolute atomic E-state index is 0.0449. The molecule has 1 atom stereocenters. The lowest BCUT2D eigenvalue weighted by Crippen LogP contribution is -2.33. The van der Waals surface area contributed by atoms with Crippen LogP contribution in [0, 0.1) is 23.0 Å². The van der Waals surface area contributed by atoms with E-state index in [0.29, 0.717) is 47.6 Å². The Hall–Kier alpha value is -3.98. The Bertz CT molecular complexity index is 1290. The van der Waals surface area contributed by atoms with Crippen LogP contribution >= 0.6 is 11.8 Å². The van der Waals surface area contributed by atoms with Gasteiger partial charge in [0, 0.05) is 24.8 Å². The average molecular weight is 497 g/mol. The van der Waals surface area contributed by atoms with Crippen molar-refractivity contribution in [2.75, 3.05) is 30.3 Å². The zero-order valence-corrected chi connectivity index (χ0v) is 19.1. The maximum atomic E-state index is 15.0. The fraction of sp³-hybridized carbons (Fsp3) is 0.217. The predicted molar refractivity (Wildman–Crippen MR) is 128 cm³/mol. The standard InChI is InChI=1S/C23H19F3N8S/c24-16-8-32-23(33-9-16)34-4-3-29-22(28)35-13-15(12-34)18-5-14(1-2-19(18)25)6-20(26)21-11-30-17(7-27)10-31-21/h1-2,5-6,8-11,15H,3-4,12-13H2,(H2,28,29)/b20-6-/t15-/m0/s1. The highest BCUT2D eigenvalue weighted by molar-refractivity contribution is 8.13. The van der Waals surface area contributed by atoms with E-state index in [2.05, 4.69) is 24.9 Å². The Balaban J connectivity index is 1.65. The van der Waals surface area contributed by atoms with Gasteiger partial charge in [0.25, 0.3) is 0 Å². The molecule has 1 aromatic carbocycles. The lowest BCUT2D eigenvalue weighted by atomic mass is 9.97. The van der Waals surface area contributed by atoms with Crippen LogP contribution in [0.3, 0.4) is 0 Å². The van der Waals surface area contributed by atoms with E-state index in [9.17, 15) is 13.2 Å². The second kappa shape index (κ2) is 11.0. The van der Waals surface area contributed by atoms with Crippen LogP contribution in [0.4, 0.5) is 19.1 Å². The number of hydrogen-bond donors (Lipinski definition) is 1. The van der Waals surface area contributed by atoms with E-state index in [4.69, 9.17) is 11.0 Å². The Morgan fingerprint density at radius 2 is 1.94 bits per heavy atom. The number of aromatic nitrogens is 4. The lowest BCUT2D eigenvalue weighted by Gasteiger charge is -2.27. The molecule has 0 radical (unpaired) electrons. The van der Waals surface area contributed by atoms with Crippen molar-refractivity contribution in [3.8, 4) is 6.07 Å². The first kappa shape index (κ1) is 24.2. The molecule has 2 aromatic heterocycles. The Morgan fingerprint density at radius 3 is 2.66 bits per heavy atom. The molecular weight excluding hydrogens is 477 g/mol. The Kier molecular flexibility index (Phi) is 7.57. The minimum atomic E-state index is -0.680. The molecule has 0 aliphatic carbocycles. The molecule has 2 N–H and O–H groups in total. The first-order chi connectivity index (χ1) is 16.9. The topological polar surface area (TPSA) is 117 Å². The van der Waals surface area contributed by atoms with Gasteiger partial charge in [0.05, 0.1) is 31.3 Å². The van der Waals surface area contributed by atoms with Crippen LogP contribution in [0.5, 0.6) is 0 Å². The number of nitrogens with zero attached hydrogens (tertiary/aromatic N) is 7. The van der Waals surface area contributed by atoms with Gasteiger partial charge in [-0.15, -0.1) is 0 Å². The van der Waals surface area contributed by atoms with Crippen LogP contribution in [-0.4, -0.2) is 50.5 Å². The number of thioether (sulfide) groups is 1. The summed E-state index contributed by atoms with van der Waals surface area (Å²) in [5.74, 6) is -1.39. The molecule has 0 saturated carbocycles. The zero-order valence-electron chi connectivity index (χ0n) is 18.3. The molecule has 3 heterocycles. The van der Waals surface area contributed by atoms with Crippen LogP contribution in [0.15, 0.2) is 48.0 Å². The molecule has 0 fully saturated rings. The predicted octanol–water partition coefficient (Wildman–Crippen LogP) is 3.54. The van der Waals surface area contributed by atoms with Gasteiger partial charge in [-0.1, -0.05) is 17.8 Å². The van der Waals surface area contributed by atoms with E-state index >= 15 is 0 Å². The molecule has 3 aromatic rings. The molecular formula is C23H19F3N8S. The van der Waals surface area contributed by atoms with Crippen molar-refractivity contribution in [3.05, 3.63) is 77.1 Å². The summed E-state index contributed by atoms with van der Waals surface area (Å²) in [6.45, 7) is 1.08. The maximum Gasteiger partial charge on any atom is 0.225 e. The smallest absolute Gasteiger partial charge is 0.225 e. The van der Waals surface area contributed by atoms with Gasteiger partial charge < -0.3 is 10.6 Å². The van der Waals surface area contributed by atoms with E-state index in [0.717, 1.165) is 18.6 Å². The Labute approximate surface area is 203 Å². The summed E-state index contributed by atoms with van der Waals surface area (Å²) >= 11 is 1.30. The van der Waals surface area contributed by atoms with E-state index in [1.807, 2.05) is 6.07 Å². The van der Waals surface area contributed by atoms with Crippen molar-refractivity contribution < 1.29 is 13.2 Å². The first-order valence-corrected chi connectivity index (χ1v) is 11.5. The fourth-order valence-corrected chi connectivity index (χ4v) is 4.29. The Morgan fingerprint density at radius 1 is 1.14 bits per heavy atom. The van der Waals surface area contributed by atoms with Gasteiger partial charge in [-0.3, -0.25) is 4.99 Å². The second-order valence-electron chi connectivity index (χ2n) is 7.55. The SMILES string of the molecule is N#Cc1cnc(/C(F)=C/c2ccc(F)c([C@@H]3CSC(N)=NCCN(c4ncc(F)cn4)C3)c2)cn1. The number of hydrogen-bond acceptors (Lipinski definition) is 9. The van der Waals surface area contributed by atoms with Gasteiger partial charge >= 0.3 is 0 Å². The van der Waals surface area contributed by atoms with Crippen LogP contribution in [0.1, 0.15) is 28.4 Å². The quantitative estimate of drug-likeness (QED) is 0.583. The summed E-state index contributed by atoms with van der Waals surface area (Å²) in [6.07, 6.45) is 5.68. The van der Waals surface area contributed by atoms with Gasteiger partial charge in [0.1, 0.15) is 17.6 Å². The summed E-state index contributed by atoms with van der Waals surface area (Å²) in [5, 5.41) is 9.19. The number of benzene rings is 1. The third kappa shape index (κ3) is 6.13. The van der Waals surface area contributed by atoms with Gasteiger partial charge in [-0.25, -0.2) is 33.1 Å². The van der Waals surface area contributed by atoms with Gasteiger partial charge in [0.2, 0.25) is 5.95 Å². The highest BCUT2D eigenvalue weighted by atomic mass is 32.2. The molecule has 0 bridgehead atoms. The molecule has 8 nitrogen and oxygen atoms in total. The molecule has 35 heavy (non-hydrogen) atoms. The van der Waals surface area contributed by atoms with Crippen LogP contribution < -0.4 is 10.6 Å². The van der Waals surface area contributed by atoms with Crippen molar-refractivity contribution in [2.24, 2.45) is 10.7 Å². The van der Waals surface area contributed by atoms with Crippen molar-refractivity contribution in [1.82, 2.24) is 19.9 Å². The van der Waals surface area contributed by atoms with Gasteiger partial charge in [-0.2, -0.15) is 5.26 Å². The minimum Gasteiger partial charge on any atom is -0.379 e. The second-order valence-corrected chi connectivity index (χ2v) is 8.59. The molecule has 0 spiro atoms. The van der Waals surface area contributed by atoms with Crippen LogP contribution in [-0.2, 0) is 0 Å². The molecule has 0 saturated heterocycles. The summed E-state index contributed by atoms with van der Waals surface area (Å²) in [4.78, 5) is 21.9. The monoisotopic (exact) mass is 496 g/mol. The first-order valence-electron chi connectivity index (χ1n) is 10.5. The highest BCUT2D eigenvalue weighted by Crippen LogP contribution is 2.29. The molecule has 1 aliphatic rings. The summed E-state index contributed by atoms with van der Waals surface area (Å²) in [7, 11) is 0.